The van der Waals surface area contributed by atoms with Crippen LogP contribution in [0, 0.1) is 0 Å². The molecule has 2 atom stereocenters. The average Bonchev–Trinajstić information content (AvgIpc) is 2.97. The van der Waals surface area contributed by atoms with Gasteiger partial charge in [-0.2, -0.15) is 0 Å². The maximum Gasteiger partial charge on any atom is 0.290 e. The van der Waals surface area contributed by atoms with Crippen LogP contribution >= 0.6 is 0 Å². The summed E-state index contributed by atoms with van der Waals surface area (Å²) in [6.07, 6.45) is 2.08. The molecule has 2 aliphatic rings. The first-order chi connectivity index (χ1) is 9.33. The number of hydrogen-bond acceptors (Lipinski definition) is 3. The van der Waals surface area contributed by atoms with Gasteiger partial charge in [-0.25, -0.2) is 0 Å². The molecular formula is C15H15NO3. The molecule has 2 aliphatic heterocycles. The van der Waals surface area contributed by atoms with Crippen LogP contribution in [-0.4, -0.2) is 36.1 Å². The topological polar surface area (TPSA) is 42.7 Å². The fourth-order valence-corrected chi connectivity index (χ4v) is 3.17. The third kappa shape index (κ3) is 1.67. The Bertz CT molecular complexity index is 584. The van der Waals surface area contributed by atoms with E-state index < -0.39 is 0 Å². The van der Waals surface area contributed by atoms with E-state index in [1.165, 1.54) is 0 Å². The highest BCUT2D eigenvalue weighted by atomic mass is 16.5. The Kier molecular flexibility index (Phi) is 2.38. The van der Waals surface area contributed by atoms with Gasteiger partial charge in [0.1, 0.15) is 5.58 Å². The van der Waals surface area contributed by atoms with Crippen LogP contribution < -0.4 is 0 Å². The molecule has 1 aromatic heterocycles. The number of nitrogens with zero attached hydrogens (tertiary/aromatic N) is 1. The molecule has 2 aromatic rings. The van der Waals surface area contributed by atoms with Gasteiger partial charge in [0.05, 0.1) is 25.3 Å². The van der Waals surface area contributed by atoms with Crippen molar-refractivity contribution in [3.63, 3.8) is 0 Å². The number of hydrogen-bond donors (Lipinski definition) is 0. The lowest BCUT2D eigenvalue weighted by molar-refractivity contribution is -0.00857. The molecule has 2 saturated heterocycles. The van der Waals surface area contributed by atoms with Crippen molar-refractivity contribution in [2.45, 2.75) is 24.9 Å². The maximum atomic E-state index is 12.6. The number of ether oxygens (including phenoxy) is 1. The summed E-state index contributed by atoms with van der Waals surface area (Å²) in [6.45, 7) is 1.31. The number of benzene rings is 1. The number of para-hydroxylation sites is 1. The van der Waals surface area contributed by atoms with E-state index in [0.29, 0.717) is 19.0 Å². The maximum absolute atomic E-state index is 12.6. The van der Waals surface area contributed by atoms with Crippen LogP contribution in [0.1, 0.15) is 23.4 Å². The van der Waals surface area contributed by atoms with E-state index in [4.69, 9.17) is 9.15 Å². The Morgan fingerprint density at radius 3 is 2.63 bits per heavy atom. The fraction of sp³-hybridized carbons (Fsp3) is 0.400. The predicted molar refractivity (Wildman–Crippen MR) is 70.0 cm³/mol. The molecule has 4 heteroatoms. The zero-order valence-electron chi connectivity index (χ0n) is 10.5. The molecular weight excluding hydrogens is 242 g/mol. The third-order valence-corrected chi connectivity index (χ3v) is 4.11. The number of rotatable bonds is 1. The molecule has 1 aromatic carbocycles. The smallest absolute Gasteiger partial charge is 0.290 e. The first-order valence-corrected chi connectivity index (χ1v) is 6.72. The third-order valence-electron chi connectivity index (χ3n) is 4.11. The fourth-order valence-electron chi connectivity index (χ4n) is 3.17. The number of carbonyl (C=O) groups is 1. The first kappa shape index (κ1) is 11.1. The van der Waals surface area contributed by atoms with Gasteiger partial charge in [-0.05, 0) is 25.0 Å². The summed E-state index contributed by atoms with van der Waals surface area (Å²) in [5, 5.41) is 0.978. The van der Waals surface area contributed by atoms with Crippen LogP contribution in [-0.2, 0) is 4.74 Å². The summed E-state index contributed by atoms with van der Waals surface area (Å²) in [6, 6.07) is 10.00. The molecule has 0 radical (unpaired) electrons. The Balaban J connectivity index is 1.70. The van der Waals surface area contributed by atoms with Gasteiger partial charge < -0.3 is 14.1 Å². The number of carbonyl (C=O) groups excluding carboxylic acids is 1. The van der Waals surface area contributed by atoms with Gasteiger partial charge in [-0.1, -0.05) is 18.2 Å². The van der Waals surface area contributed by atoms with Crippen molar-refractivity contribution in [1.82, 2.24) is 4.90 Å². The minimum absolute atomic E-state index is 0.00648. The molecule has 0 spiro atoms. The van der Waals surface area contributed by atoms with Crippen LogP contribution in [0.5, 0.6) is 0 Å². The van der Waals surface area contributed by atoms with Gasteiger partial charge in [-0.15, -0.1) is 0 Å². The first-order valence-electron chi connectivity index (χ1n) is 6.72. The normalized spacial score (nSPS) is 26.0. The second kappa shape index (κ2) is 4.10. The lowest BCUT2D eigenvalue weighted by atomic mass is 10.2. The van der Waals surface area contributed by atoms with Gasteiger partial charge in [0, 0.05) is 5.39 Å². The van der Waals surface area contributed by atoms with Crippen molar-refractivity contribution in [2.24, 2.45) is 0 Å². The lowest BCUT2D eigenvalue weighted by Crippen LogP contribution is -2.49. The Morgan fingerprint density at radius 1 is 1.16 bits per heavy atom. The lowest BCUT2D eigenvalue weighted by Gasteiger charge is -2.33. The monoisotopic (exact) mass is 257 g/mol. The van der Waals surface area contributed by atoms with Crippen LogP contribution in [0.2, 0.25) is 0 Å². The largest absolute Gasteiger partial charge is 0.451 e. The van der Waals surface area contributed by atoms with E-state index in [-0.39, 0.29) is 18.0 Å². The second-order valence-corrected chi connectivity index (χ2v) is 5.28. The predicted octanol–water partition coefficient (Wildman–Crippen LogP) is 2.44. The molecule has 2 bridgehead atoms. The number of amides is 1. The summed E-state index contributed by atoms with van der Waals surface area (Å²) in [4.78, 5) is 14.6. The molecule has 2 fully saturated rings. The van der Waals surface area contributed by atoms with Gasteiger partial charge in [0.15, 0.2) is 5.76 Å². The van der Waals surface area contributed by atoms with Crippen molar-refractivity contribution < 1.29 is 13.9 Å². The summed E-state index contributed by atoms with van der Waals surface area (Å²) in [7, 11) is 0. The van der Waals surface area contributed by atoms with Gasteiger partial charge in [0.25, 0.3) is 5.91 Å². The molecule has 1 amide bonds. The van der Waals surface area contributed by atoms with Crippen molar-refractivity contribution in [3.05, 3.63) is 36.1 Å². The molecule has 4 rings (SSSR count). The van der Waals surface area contributed by atoms with Gasteiger partial charge in [0.2, 0.25) is 0 Å². The molecule has 4 nitrogen and oxygen atoms in total. The SMILES string of the molecule is O=C(c1cc2ccccc2o1)N1[C@@H]2CC[C@H]1COC2. The Hall–Kier alpha value is -1.81. The highest BCUT2D eigenvalue weighted by molar-refractivity contribution is 5.96. The Labute approximate surface area is 110 Å². The molecule has 0 aliphatic carbocycles. The number of morpholine rings is 1. The number of fused-ring (bicyclic) bond motifs is 3. The van der Waals surface area contributed by atoms with Crippen LogP contribution in [0.15, 0.2) is 34.7 Å². The van der Waals surface area contributed by atoms with Crippen molar-refractivity contribution in [1.29, 1.82) is 0 Å². The zero-order valence-corrected chi connectivity index (χ0v) is 10.5. The number of furan rings is 1. The van der Waals surface area contributed by atoms with E-state index in [9.17, 15) is 4.79 Å². The van der Waals surface area contributed by atoms with Crippen LogP contribution in [0.25, 0.3) is 11.0 Å². The second-order valence-electron chi connectivity index (χ2n) is 5.28. The molecule has 98 valence electrons. The summed E-state index contributed by atoms with van der Waals surface area (Å²) in [5.41, 5.74) is 0.770. The molecule has 19 heavy (non-hydrogen) atoms. The summed E-state index contributed by atoms with van der Waals surface area (Å²) in [5.74, 6) is 0.451. The van der Waals surface area contributed by atoms with Crippen molar-refractivity contribution in [2.75, 3.05) is 13.2 Å². The van der Waals surface area contributed by atoms with Crippen molar-refractivity contribution in [3.8, 4) is 0 Å². The zero-order chi connectivity index (χ0) is 12.8. The van der Waals surface area contributed by atoms with E-state index in [2.05, 4.69) is 0 Å². The molecule has 0 unspecified atom stereocenters. The minimum Gasteiger partial charge on any atom is -0.451 e. The van der Waals surface area contributed by atoms with Gasteiger partial charge in [-0.3, -0.25) is 4.79 Å². The van der Waals surface area contributed by atoms with E-state index in [1.807, 2.05) is 35.2 Å². The molecule has 0 N–H and O–H groups in total. The molecule has 0 saturated carbocycles. The summed E-state index contributed by atoms with van der Waals surface area (Å²) < 4.78 is 11.2. The average molecular weight is 257 g/mol. The standard InChI is InChI=1S/C15H15NO3/c17-15(16-11-5-6-12(16)9-18-8-11)14-7-10-3-1-2-4-13(10)19-14/h1-4,7,11-12H,5-6,8-9H2/t11-,12+. The van der Waals surface area contributed by atoms with E-state index in [0.717, 1.165) is 23.8 Å². The summed E-state index contributed by atoms with van der Waals surface area (Å²) >= 11 is 0. The minimum atomic E-state index is 0.00648. The van der Waals surface area contributed by atoms with E-state index in [1.54, 1.807) is 0 Å². The highest BCUT2D eigenvalue weighted by Gasteiger charge is 2.41. The Morgan fingerprint density at radius 2 is 1.89 bits per heavy atom. The van der Waals surface area contributed by atoms with E-state index >= 15 is 0 Å². The van der Waals surface area contributed by atoms with Crippen LogP contribution in [0.4, 0.5) is 0 Å². The van der Waals surface area contributed by atoms with Crippen molar-refractivity contribution >= 4 is 16.9 Å². The quantitative estimate of drug-likeness (QED) is 0.788. The van der Waals surface area contributed by atoms with Gasteiger partial charge >= 0.3 is 0 Å². The highest BCUT2D eigenvalue weighted by Crippen LogP contribution is 2.31. The van der Waals surface area contributed by atoms with Crippen LogP contribution in [0.3, 0.4) is 0 Å². The molecule has 3 heterocycles.